The highest BCUT2D eigenvalue weighted by atomic mass is 35.5. The number of carbonyl (C=O) groups excluding carboxylic acids is 2. The van der Waals surface area contributed by atoms with Crippen LogP contribution in [-0.4, -0.2) is 17.9 Å². The maximum absolute atomic E-state index is 12.2. The third kappa shape index (κ3) is 2.98. The zero-order valence-electron chi connectivity index (χ0n) is 12.8. The average molecular weight is 354 g/mol. The van der Waals surface area contributed by atoms with Crippen molar-refractivity contribution in [3.63, 3.8) is 0 Å². The first-order chi connectivity index (χ1) is 10.9. The van der Waals surface area contributed by atoms with E-state index in [1.54, 1.807) is 18.2 Å². The summed E-state index contributed by atoms with van der Waals surface area (Å²) in [5, 5.41) is 3.32. The molecule has 23 heavy (non-hydrogen) atoms. The molecule has 1 fully saturated rings. The van der Waals surface area contributed by atoms with Gasteiger partial charge in [-0.15, -0.1) is 0 Å². The van der Waals surface area contributed by atoms with Crippen LogP contribution in [0.5, 0.6) is 5.75 Å². The van der Waals surface area contributed by atoms with E-state index in [9.17, 15) is 9.59 Å². The highest BCUT2D eigenvalue weighted by Crippen LogP contribution is 2.45. The molecule has 0 spiro atoms. The number of ether oxygens (including phenoxy) is 1. The van der Waals surface area contributed by atoms with E-state index in [1.165, 1.54) is 0 Å². The van der Waals surface area contributed by atoms with Crippen molar-refractivity contribution in [3.05, 3.63) is 39.9 Å². The lowest BCUT2D eigenvalue weighted by atomic mass is 9.74. The van der Waals surface area contributed by atoms with Gasteiger partial charge >= 0.3 is 0 Å². The Morgan fingerprint density at radius 3 is 2.61 bits per heavy atom. The van der Waals surface area contributed by atoms with Crippen LogP contribution in [0.4, 0.5) is 0 Å². The summed E-state index contributed by atoms with van der Waals surface area (Å²) in [4.78, 5) is 24.1. The molecule has 3 unspecified atom stereocenters. The van der Waals surface area contributed by atoms with Crippen molar-refractivity contribution in [2.75, 3.05) is 0 Å². The zero-order valence-corrected chi connectivity index (χ0v) is 14.3. The molecule has 0 radical (unpaired) electrons. The second-order valence-electron chi connectivity index (χ2n) is 6.15. The predicted octanol–water partition coefficient (Wildman–Crippen LogP) is 3.71. The molecule has 1 aliphatic heterocycles. The molecular weight excluding hydrogens is 337 g/mol. The molecule has 1 heterocycles. The maximum atomic E-state index is 12.2. The minimum absolute atomic E-state index is 0.0307. The maximum Gasteiger partial charge on any atom is 0.234 e. The number of rotatable bonds is 3. The van der Waals surface area contributed by atoms with E-state index in [1.807, 2.05) is 19.9 Å². The molecule has 4 nitrogen and oxygen atoms in total. The van der Waals surface area contributed by atoms with Gasteiger partial charge in [-0.05, 0) is 38.0 Å². The molecule has 0 bridgehead atoms. The molecule has 2 amide bonds. The summed E-state index contributed by atoms with van der Waals surface area (Å²) in [5.74, 6) is -0.982. The summed E-state index contributed by atoms with van der Waals surface area (Å²) in [6, 6.07) is 3.43. The lowest BCUT2D eigenvalue weighted by Gasteiger charge is -2.28. The van der Waals surface area contributed by atoms with E-state index < -0.39 is 11.8 Å². The molecule has 1 aromatic carbocycles. The smallest absolute Gasteiger partial charge is 0.234 e. The Morgan fingerprint density at radius 1 is 1.17 bits per heavy atom. The molecule has 0 aromatic heterocycles. The van der Waals surface area contributed by atoms with E-state index in [4.69, 9.17) is 27.9 Å². The van der Waals surface area contributed by atoms with E-state index >= 15 is 0 Å². The van der Waals surface area contributed by atoms with Crippen LogP contribution in [0, 0.1) is 11.8 Å². The van der Waals surface area contributed by atoms with Gasteiger partial charge in [0.15, 0.2) is 0 Å². The van der Waals surface area contributed by atoms with Crippen molar-refractivity contribution in [2.24, 2.45) is 11.8 Å². The van der Waals surface area contributed by atoms with Gasteiger partial charge in [0, 0.05) is 10.9 Å². The monoisotopic (exact) mass is 353 g/mol. The third-order valence-electron chi connectivity index (χ3n) is 4.22. The number of amides is 2. The van der Waals surface area contributed by atoms with Gasteiger partial charge in [-0.1, -0.05) is 35.4 Å². The number of benzene rings is 1. The van der Waals surface area contributed by atoms with Gasteiger partial charge in [0.25, 0.3) is 0 Å². The van der Waals surface area contributed by atoms with Crippen LogP contribution in [0.25, 0.3) is 0 Å². The van der Waals surface area contributed by atoms with E-state index in [0.29, 0.717) is 22.2 Å². The summed E-state index contributed by atoms with van der Waals surface area (Å²) in [6.07, 6.45) is 4.34. The largest absolute Gasteiger partial charge is 0.489 e. The van der Waals surface area contributed by atoms with Crippen molar-refractivity contribution in [3.8, 4) is 5.75 Å². The number of halogens is 2. The number of imide groups is 1. The number of hydrogen-bond donors (Lipinski definition) is 1. The van der Waals surface area contributed by atoms with Crippen LogP contribution in [0.2, 0.25) is 10.0 Å². The Morgan fingerprint density at radius 2 is 1.91 bits per heavy atom. The highest BCUT2D eigenvalue weighted by Gasteiger charge is 2.46. The van der Waals surface area contributed by atoms with Gasteiger partial charge in [-0.25, -0.2) is 0 Å². The number of allylic oxidation sites excluding steroid dienone is 1. The standard InChI is InChI=1S/C17H17Cl2NO3/c1-8(2)23-14-6-11(12(18)7-13(14)19)9-4-3-5-10-15(9)17(22)20-16(10)21/h3,5-10,15H,4H2,1-2H3,(H,20,21,22). The van der Waals surface area contributed by atoms with Crippen molar-refractivity contribution in [1.82, 2.24) is 5.32 Å². The fourth-order valence-corrected chi connectivity index (χ4v) is 3.83. The minimum Gasteiger partial charge on any atom is -0.489 e. The molecule has 1 saturated heterocycles. The van der Waals surface area contributed by atoms with Gasteiger partial charge in [0.2, 0.25) is 11.8 Å². The molecule has 1 N–H and O–H groups in total. The highest BCUT2D eigenvalue weighted by molar-refractivity contribution is 6.36. The Bertz CT molecular complexity index is 699. The minimum atomic E-state index is -0.432. The molecule has 0 saturated carbocycles. The quantitative estimate of drug-likeness (QED) is 0.665. The predicted molar refractivity (Wildman–Crippen MR) is 88.9 cm³/mol. The van der Waals surface area contributed by atoms with Crippen LogP contribution in [-0.2, 0) is 9.59 Å². The number of carbonyl (C=O) groups is 2. The van der Waals surface area contributed by atoms with Crippen LogP contribution >= 0.6 is 23.2 Å². The van der Waals surface area contributed by atoms with E-state index in [2.05, 4.69) is 5.32 Å². The fraction of sp³-hybridized carbons (Fsp3) is 0.412. The van der Waals surface area contributed by atoms with Crippen molar-refractivity contribution in [1.29, 1.82) is 0 Å². The van der Waals surface area contributed by atoms with Crippen LogP contribution in [0.15, 0.2) is 24.3 Å². The summed E-state index contributed by atoms with van der Waals surface area (Å²) < 4.78 is 5.71. The number of fused-ring (bicyclic) bond motifs is 1. The summed E-state index contributed by atoms with van der Waals surface area (Å²) >= 11 is 12.6. The lowest BCUT2D eigenvalue weighted by Crippen LogP contribution is -2.27. The van der Waals surface area contributed by atoms with Crippen molar-refractivity contribution >= 4 is 35.0 Å². The second-order valence-corrected chi connectivity index (χ2v) is 6.96. The first-order valence-electron chi connectivity index (χ1n) is 7.55. The topological polar surface area (TPSA) is 55.4 Å². The number of hydrogen-bond acceptors (Lipinski definition) is 3. The summed E-state index contributed by atoms with van der Waals surface area (Å²) in [5.41, 5.74) is 0.788. The number of nitrogens with one attached hydrogen (secondary N) is 1. The first kappa shape index (κ1) is 16.3. The normalized spacial score (nSPS) is 26.4. The van der Waals surface area contributed by atoms with E-state index in [0.717, 1.165) is 5.56 Å². The molecule has 6 heteroatoms. The average Bonchev–Trinajstić information content (AvgIpc) is 2.77. The van der Waals surface area contributed by atoms with Crippen LogP contribution in [0.3, 0.4) is 0 Å². The SMILES string of the molecule is CC(C)Oc1cc(C2CC=CC3C(=O)NC(=O)C32)c(Cl)cc1Cl. The van der Waals surface area contributed by atoms with Gasteiger partial charge < -0.3 is 4.74 Å². The van der Waals surface area contributed by atoms with Gasteiger partial charge in [0.05, 0.1) is 23.0 Å². The Hall–Kier alpha value is -1.52. The van der Waals surface area contributed by atoms with Gasteiger partial charge in [-0.3, -0.25) is 14.9 Å². The Labute approximate surface area is 144 Å². The third-order valence-corrected chi connectivity index (χ3v) is 4.84. The molecule has 1 aliphatic carbocycles. The van der Waals surface area contributed by atoms with Crippen molar-refractivity contribution < 1.29 is 14.3 Å². The molecule has 1 aromatic rings. The van der Waals surface area contributed by atoms with Gasteiger partial charge in [-0.2, -0.15) is 0 Å². The van der Waals surface area contributed by atoms with Gasteiger partial charge in [0.1, 0.15) is 5.75 Å². The molecular formula is C17H17Cl2NO3. The molecule has 2 aliphatic rings. The lowest BCUT2D eigenvalue weighted by molar-refractivity contribution is -0.126. The van der Waals surface area contributed by atoms with Crippen LogP contribution < -0.4 is 10.1 Å². The summed E-state index contributed by atoms with van der Waals surface area (Å²) in [6.45, 7) is 3.82. The second kappa shape index (κ2) is 6.17. The fourth-order valence-electron chi connectivity index (χ4n) is 3.27. The Kier molecular flexibility index (Phi) is 4.39. The Balaban J connectivity index is 2.02. The summed E-state index contributed by atoms with van der Waals surface area (Å²) in [7, 11) is 0. The van der Waals surface area contributed by atoms with E-state index in [-0.39, 0.29) is 23.8 Å². The zero-order chi connectivity index (χ0) is 16.7. The van der Waals surface area contributed by atoms with Crippen molar-refractivity contribution in [2.45, 2.75) is 32.3 Å². The molecule has 3 rings (SSSR count). The van der Waals surface area contributed by atoms with Crippen LogP contribution in [0.1, 0.15) is 31.7 Å². The molecule has 3 atom stereocenters. The molecule has 122 valence electrons. The first-order valence-corrected chi connectivity index (χ1v) is 8.31.